The maximum absolute atomic E-state index is 12.4. The number of nitrogens with one attached hydrogen (secondary N) is 1. The fourth-order valence-electron chi connectivity index (χ4n) is 2.36. The van der Waals surface area contributed by atoms with Gasteiger partial charge in [-0.25, -0.2) is 5.43 Å². The van der Waals surface area contributed by atoms with E-state index in [-0.39, 0.29) is 17.4 Å². The van der Waals surface area contributed by atoms with Crippen molar-refractivity contribution < 1.29 is 15.0 Å². The number of aromatic nitrogens is 1. The van der Waals surface area contributed by atoms with Crippen LogP contribution in [-0.4, -0.2) is 27.3 Å². The van der Waals surface area contributed by atoms with Crippen LogP contribution >= 0.6 is 0 Å². The summed E-state index contributed by atoms with van der Waals surface area (Å²) in [5.41, 5.74) is 4.77. The predicted octanol–water partition coefficient (Wildman–Crippen LogP) is 2.72. The molecule has 0 spiro atoms. The average Bonchev–Trinajstić information content (AvgIpc) is 2.56. The number of fused-ring (bicyclic) bond motifs is 1. The number of rotatable bonds is 3. The van der Waals surface area contributed by atoms with Gasteiger partial charge in [-0.1, -0.05) is 18.2 Å². The summed E-state index contributed by atoms with van der Waals surface area (Å²) < 4.78 is 0. The molecule has 0 aliphatic heterocycles. The van der Waals surface area contributed by atoms with E-state index >= 15 is 0 Å². The molecule has 1 amide bonds. The number of hydrogen-bond donors (Lipinski definition) is 3. The molecule has 6 nitrogen and oxygen atoms in total. The zero-order valence-corrected chi connectivity index (χ0v) is 12.9. The highest BCUT2D eigenvalue weighted by atomic mass is 16.3. The topological polar surface area (TPSA) is 94.8 Å². The first-order chi connectivity index (χ1) is 11.5. The van der Waals surface area contributed by atoms with Crippen LogP contribution in [0.4, 0.5) is 0 Å². The Hall–Kier alpha value is -3.41. The molecule has 0 aliphatic rings. The van der Waals surface area contributed by atoms with Gasteiger partial charge in [0.25, 0.3) is 5.91 Å². The molecule has 0 fully saturated rings. The van der Waals surface area contributed by atoms with Crippen LogP contribution in [0.25, 0.3) is 10.9 Å². The van der Waals surface area contributed by atoms with E-state index in [1.807, 2.05) is 31.2 Å². The summed E-state index contributed by atoms with van der Waals surface area (Å²) in [6.45, 7) is 1.82. The maximum atomic E-state index is 12.4. The van der Waals surface area contributed by atoms with Gasteiger partial charge in [-0.15, -0.1) is 0 Å². The normalized spacial score (nSPS) is 11.0. The number of aromatic hydroxyl groups is 2. The fraction of sp³-hybridized carbons (Fsp3) is 0.0556. The molecule has 0 unspecified atom stereocenters. The Kier molecular flexibility index (Phi) is 4.11. The molecule has 0 atom stereocenters. The molecule has 1 heterocycles. The highest BCUT2D eigenvalue weighted by molar-refractivity contribution is 6.06. The lowest BCUT2D eigenvalue weighted by Gasteiger charge is -2.06. The van der Waals surface area contributed by atoms with Gasteiger partial charge < -0.3 is 10.2 Å². The molecule has 6 heteroatoms. The Labute approximate surface area is 138 Å². The van der Waals surface area contributed by atoms with Gasteiger partial charge in [0.05, 0.1) is 17.3 Å². The van der Waals surface area contributed by atoms with E-state index in [0.717, 1.165) is 16.6 Å². The molecule has 0 saturated carbocycles. The number of benzene rings is 2. The Morgan fingerprint density at radius 3 is 2.75 bits per heavy atom. The quantitative estimate of drug-likeness (QED) is 0.510. The largest absolute Gasteiger partial charge is 0.508 e. The number of nitrogens with zero attached hydrogens (tertiary/aromatic N) is 2. The third kappa shape index (κ3) is 3.17. The summed E-state index contributed by atoms with van der Waals surface area (Å²) in [6, 6.07) is 13.2. The second-order valence-corrected chi connectivity index (χ2v) is 5.27. The highest BCUT2D eigenvalue weighted by Gasteiger charge is 2.11. The standard InChI is InChI=1S/C18H15N3O3/c1-11-8-15(14-4-2-3-5-16(14)20-11)18(24)21-19-10-12-6-7-13(22)9-17(12)23/h2-10,22-23H,1H3,(H,21,24)/b19-10+. The lowest BCUT2D eigenvalue weighted by atomic mass is 10.1. The first-order valence-corrected chi connectivity index (χ1v) is 7.26. The van der Waals surface area contributed by atoms with Gasteiger partial charge in [0.1, 0.15) is 11.5 Å². The van der Waals surface area contributed by atoms with Gasteiger partial charge in [0.2, 0.25) is 0 Å². The summed E-state index contributed by atoms with van der Waals surface area (Å²) in [5.74, 6) is -0.545. The fourth-order valence-corrected chi connectivity index (χ4v) is 2.36. The van der Waals surface area contributed by atoms with Crippen LogP contribution in [-0.2, 0) is 0 Å². The summed E-state index contributed by atoms with van der Waals surface area (Å²) in [5, 5.41) is 23.5. The summed E-state index contributed by atoms with van der Waals surface area (Å²) in [4.78, 5) is 16.8. The lowest BCUT2D eigenvalue weighted by Crippen LogP contribution is -2.18. The number of pyridine rings is 1. The van der Waals surface area contributed by atoms with E-state index in [9.17, 15) is 15.0 Å². The molecule has 0 bridgehead atoms. The number of carbonyl (C=O) groups excluding carboxylic acids is 1. The van der Waals surface area contributed by atoms with E-state index in [0.29, 0.717) is 11.1 Å². The van der Waals surface area contributed by atoms with Crippen molar-refractivity contribution in [2.45, 2.75) is 6.92 Å². The van der Waals surface area contributed by atoms with Crippen LogP contribution in [0.1, 0.15) is 21.6 Å². The molecule has 1 aromatic heterocycles. The molecule has 2 aromatic carbocycles. The van der Waals surface area contributed by atoms with Gasteiger partial charge in [0.15, 0.2) is 0 Å². The van der Waals surface area contributed by atoms with Gasteiger partial charge in [-0.3, -0.25) is 9.78 Å². The van der Waals surface area contributed by atoms with Crippen molar-refractivity contribution in [3.8, 4) is 11.5 Å². The zero-order valence-electron chi connectivity index (χ0n) is 12.9. The number of carbonyl (C=O) groups is 1. The van der Waals surface area contributed by atoms with Crippen LogP contribution < -0.4 is 5.43 Å². The first-order valence-electron chi connectivity index (χ1n) is 7.26. The van der Waals surface area contributed by atoms with Crippen LogP contribution in [0.3, 0.4) is 0 Å². The molecule has 0 radical (unpaired) electrons. The van der Waals surface area contributed by atoms with Crippen LogP contribution in [0.15, 0.2) is 53.6 Å². The molecule has 3 rings (SSSR count). The minimum absolute atomic E-state index is 0.0487. The third-order valence-corrected chi connectivity index (χ3v) is 3.47. The zero-order chi connectivity index (χ0) is 17.1. The first kappa shape index (κ1) is 15.5. The van der Waals surface area contributed by atoms with Crippen molar-refractivity contribution >= 4 is 23.0 Å². The van der Waals surface area contributed by atoms with E-state index in [1.165, 1.54) is 24.4 Å². The highest BCUT2D eigenvalue weighted by Crippen LogP contribution is 2.21. The Morgan fingerprint density at radius 2 is 1.96 bits per heavy atom. The Bertz CT molecular complexity index is 951. The average molecular weight is 321 g/mol. The van der Waals surface area contributed by atoms with Crippen molar-refractivity contribution in [1.82, 2.24) is 10.4 Å². The summed E-state index contributed by atoms with van der Waals surface area (Å²) >= 11 is 0. The molecule has 24 heavy (non-hydrogen) atoms. The SMILES string of the molecule is Cc1cc(C(=O)N/N=C/c2ccc(O)cc2O)c2ccccc2n1. The minimum atomic E-state index is -0.369. The second kappa shape index (κ2) is 6.37. The Morgan fingerprint density at radius 1 is 1.17 bits per heavy atom. The number of phenolic OH excluding ortho intramolecular Hbond substituents is 2. The number of para-hydroxylation sites is 1. The van der Waals surface area contributed by atoms with Gasteiger partial charge in [0, 0.05) is 22.7 Å². The second-order valence-electron chi connectivity index (χ2n) is 5.27. The summed E-state index contributed by atoms with van der Waals surface area (Å²) in [7, 11) is 0. The maximum Gasteiger partial charge on any atom is 0.272 e. The minimum Gasteiger partial charge on any atom is -0.508 e. The van der Waals surface area contributed by atoms with Crippen LogP contribution in [0.5, 0.6) is 11.5 Å². The number of aryl methyl sites for hydroxylation is 1. The van der Waals surface area contributed by atoms with Crippen LogP contribution in [0, 0.1) is 6.92 Å². The van der Waals surface area contributed by atoms with Gasteiger partial charge in [-0.05, 0) is 31.2 Å². The van der Waals surface area contributed by atoms with Crippen molar-refractivity contribution in [3.63, 3.8) is 0 Å². The van der Waals surface area contributed by atoms with Crippen molar-refractivity contribution in [1.29, 1.82) is 0 Å². The smallest absolute Gasteiger partial charge is 0.272 e. The van der Waals surface area contributed by atoms with E-state index in [2.05, 4.69) is 15.5 Å². The van der Waals surface area contributed by atoms with E-state index in [1.54, 1.807) is 6.07 Å². The molecule has 3 aromatic rings. The van der Waals surface area contributed by atoms with Crippen LogP contribution in [0.2, 0.25) is 0 Å². The molecule has 120 valence electrons. The van der Waals surface area contributed by atoms with E-state index < -0.39 is 0 Å². The number of amides is 1. The lowest BCUT2D eigenvalue weighted by molar-refractivity contribution is 0.0956. The third-order valence-electron chi connectivity index (χ3n) is 3.47. The Balaban J connectivity index is 1.84. The van der Waals surface area contributed by atoms with E-state index in [4.69, 9.17) is 0 Å². The van der Waals surface area contributed by atoms with Crippen molar-refractivity contribution in [2.75, 3.05) is 0 Å². The summed E-state index contributed by atoms with van der Waals surface area (Å²) in [6.07, 6.45) is 1.31. The monoisotopic (exact) mass is 321 g/mol. The molecule has 0 aliphatic carbocycles. The molecular formula is C18H15N3O3. The predicted molar refractivity (Wildman–Crippen MR) is 91.3 cm³/mol. The molecular weight excluding hydrogens is 306 g/mol. The van der Waals surface area contributed by atoms with Crippen molar-refractivity contribution in [3.05, 3.63) is 65.4 Å². The van der Waals surface area contributed by atoms with Crippen molar-refractivity contribution in [2.24, 2.45) is 5.10 Å². The number of hydrogen-bond acceptors (Lipinski definition) is 5. The molecule has 0 saturated heterocycles. The molecule has 3 N–H and O–H groups in total. The van der Waals surface area contributed by atoms with Gasteiger partial charge >= 0.3 is 0 Å². The number of phenols is 2. The van der Waals surface area contributed by atoms with Gasteiger partial charge in [-0.2, -0.15) is 5.10 Å². The number of hydrazone groups is 1.